The van der Waals surface area contributed by atoms with Crippen LogP contribution in [0.15, 0.2) is 54.7 Å². The molecule has 0 aliphatic carbocycles. The number of piperazine rings is 1. The van der Waals surface area contributed by atoms with Gasteiger partial charge >= 0.3 is 6.18 Å². The lowest BCUT2D eigenvalue weighted by Crippen LogP contribution is -2.64. The maximum absolute atomic E-state index is 13.3. The van der Waals surface area contributed by atoms with E-state index in [1.807, 2.05) is 19.1 Å². The highest BCUT2D eigenvalue weighted by atomic mass is 19.4. The number of aliphatic hydroxyl groups is 1. The van der Waals surface area contributed by atoms with Gasteiger partial charge in [0.25, 0.3) is 11.8 Å². The Balaban J connectivity index is 0.000000631. The number of nitrogens with one attached hydrogen (secondary N) is 1. The molecule has 0 spiro atoms. The van der Waals surface area contributed by atoms with Crippen LogP contribution >= 0.6 is 0 Å². The second kappa shape index (κ2) is 11.9. The van der Waals surface area contributed by atoms with E-state index in [0.717, 1.165) is 16.3 Å². The van der Waals surface area contributed by atoms with E-state index in [4.69, 9.17) is 10.5 Å². The maximum Gasteiger partial charge on any atom is 0.446 e. The van der Waals surface area contributed by atoms with Gasteiger partial charge in [-0.3, -0.25) is 19.2 Å². The maximum atomic E-state index is 13.3. The van der Waals surface area contributed by atoms with E-state index < -0.39 is 42.3 Å². The molecule has 39 heavy (non-hydrogen) atoms. The molecule has 0 saturated carbocycles. The number of alkyl halides is 3. The number of rotatable bonds is 4. The minimum atomic E-state index is -4.64. The molecular weight excluding hydrogens is 519 g/mol. The van der Waals surface area contributed by atoms with E-state index in [0.29, 0.717) is 17.2 Å². The van der Waals surface area contributed by atoms with Gasteiger partial charge in [0.2, 0.25) is 12.2 Å². The molecule has 10 nitrogen and oxygen atoms in total. The number of benzene rings is 2. The van der Waals surface area contributed by atoms with Crippen molar-refractivity contribution >= 4 is 52.0 Å². The van der Waals surface area contributed by atoms with E-state index in [1.165, 1.54) is 16.7 Å². The molecular formula is C26H26F3N5O5. The highest BCUT2D eigenvalue weighted by molar-refractivity contribution is 6.06. The molecule has 1 aliphatic rings. The topological polar surface area (TPSA) is 146 Å². The molecule has 2 atom stereocenters. The zero-order valence-electron chi connectivity index (χ0n) is 21.0. The third-order valence-electron chi connectivity index (χ3n) is 5.93. The number of aromatic nitrogens is 1. The number of nitrogens with two attached hydrogens (primary N) is 1. The summed E-state index contributed by atoms with van der Waals surface area (Å²) in [6.07, 6.45) is -5.90. The molecule has 2 aromatic carbocycles. The molecule has 13 heteroatoms. The van der Waals surface area contributed by atoms with Gasteiger partial charge in [-0.15, -0.1) is 0 Å². The van der Waals surface area contributed by atoms with Crippen molar-refractivity contribution in [2.75, 3.05) is 29.0 Å². The van der Waals surface area contributed by atoms with E-state index >= 15 is 0 Å². The lowest BCUT2D eigenvalue weighted by molar-refractivity contribution is -0.156. The van der Waals surface area contributed by atoms with Crippen LogP contribution in [0.2, 0.25) is 0 Å². The Bertz CT molecular complexity index is 1380. The predicted molar refractivity (Wildman–Crippen MR) is 138 cm³/mol. The van der Waals surface area contributed by atoms with Gasteiger partial charge in [0, 0.05) is 43.0 Å². The number of amides is 3. The molecule has 4 N–H and O–H groups in total. The monoisotopic (exact) mass is 545 g/mol. The lowest BCUT2D eigenvalue weighted by atomic mass is 10.0. The molecule has 3 aromatic rings. The number of hydrogen-bond acceptors (Lipinski definition) is 7. The third kappa shape index (κ3) is 7.08. The van der Waals surface area contributed by atoms with Crippen molar-refractivity contribution in [1.82, 2.24) is 9.88 Å². The Morgan fingerprint density at radius 3 is 2.38 bits per heavy atom. The highest BCUT2D eigenvalue weighted by Gasteiger charge is 2.44. The summed E-state index contributed by atoms with van der Waals surface area (Å²) in [5, 5.41) is 15.0. The van der Waals surface area contributed by atoms with Gasteiger partial charge < -0.3 is 26.0 Å². The zero-order valence-corrected chi connectivity index (χ0v) is 21.0. The van der Waals surface area contributed by atoms with Gasteiger partial charge in [-0.2, -0.15) is 13.2 Å². The van der Waals surface area contributed by atoms with Crippen LogP contribution in [-0.2, 0) is 19.2 Å². The molecule has 0 bridgehead atoms. The first-order valence-electron chi connectivity index (χ1n) is 11.6. The smallest absolute Gasteiger partial charge is 0.383 e. The Labute approximate surface area is 221 Å². The fourth-order valence-electron chi connectivity index (χ4n) is 4.03. The number of fused-ring (bicyclic) bond motifs is 1. The van der Waals surface area contributed by atoms with Gasteiger partial charge in [0.05, 0.1) is 0 Å². The Morgan fingerprint density at radius 2 is 1.79 bits per heavy atom. The fraction of sp³-hybridized carbons (Fsp3) is 0.269. The van der Waals surface area contributed by atoms with Gasteiger partial charge in [-0.25, -0.2) is 4.98 Å². The number of aliphatic hydroxyl groups excluding tert-OH is 1. The minimum absolute atomic E-state index is 0.201. The SMILES string of the molecule is CC(=O)N1CCN(c2ccc(C)cc2)C(=O)C1C(O)C(=O)Nc1ccc2c(N)nccc2c1.O=CC(F)(F)F. The second-order valence-electron chi connectivity index (χ2n) is 8.71. The Kier molecular flexibility index (Phi) is 8.86. The molecule has 1 aromatic heterocycles. The number of halogens is 3. The number of carbonyl (C=O) groups is 4. The highest BCUT2D eigenvalue weighted by Crippen LogP contribution is 2.25. The van der Waals surface area contributed by atoms with Crippen LogP contribution in [0, 0.1) is 6.92 Å². The van der Waals surface area contributed by atoms with Crippen LogP contribution in [0.3, 0.4) is 0 Å². The van der Waals surface area contributed by atoms with Crippen molar-refractivity contribution in [2.45, 2.75) is 32.2 Å². The molecule has 2 heterocycles. The molecule has 0 radical (unpaired) electrons. The molecule has 1 fully saturated rings. The fourth-order valence-corrected chi connectivity index (χ4v) is 4.03. The van der Waals surface area contributed by atoms with E-state index in [9.17, 15) is 32.7 Å². The average molecular weight is 546 g/mol. The van der Waals surface area contributed by atoms with Gasteiger partial charge in [0.15, 0.2) is 6.10 Å². The first kappa shape index (κ1) is 29.0. The summed E-state index contributed by atoms with van der Waals surface area (Å²) in [6.45, 7) is 3.72. The van der Waals surface area contributed by atoms with E-state index in [1.54, 1.807) is 42.6 Å². The molecule has 206 valence electrons. The number of carbonyl (C=O) groups excluding carboxylic acids is 4. The largest absolute Gasteiger partial charge is 0.446 e. The van der Waals surface area contributed by atoms with Crippen molar-refractivity contribution in [3.63, 3.8) is 0 Å². The van der Waals surface area contributed by atoms with Crippen LogP contribution in [0.25, 0.3) is 10.8 Å². The number of anilines is 3. The number of pyridine rings is 1. The molecule has 1 aliphatic heterocycles. The zero-order chi connectivity index (χ0) is 28.9. The third-order valence-corrected chi connectivity index (χ3v) is 5.93. The molecule has 2 unspecified atom stereocenters. The number of aryl methyl sites for hydroxylation is 1. The van der Waals surface area contributed by atoms with Crippen LogP contribution in [-0.4, -0.2) is 70.4 Å². The van der Waals surface area contributed by atoms with Crippen LogP contribution in [0.5, 0.6) is 0 Å². The number of aldehydes is 1. The molecule has 3 amide bonds. The van der Waals surface area contributed by atoms with Gasteiger partial charge in [0.1, 0.15) is 11.9 Å². The van der Waals surface area contributed by atoms with Crippen LogP contribution in [0.4, 0.5) is 30.4 Å². The van der Waals surface area contributed by atoms with Crippen molar-refractivity contribution in [1.29, 1.82) is 0 Å². The summed E-state index contributed by atoms with van der Waals surface area (Å²) < 4.78 is 31.2. The van der Waals surface area contributed by atoms with E-state index in [-0.39, 0.29) is 13.1 Å². The number of hydrogen-bond donors (Lipinski definition) is 3. The van der Waals surface area contributed by atoms with Crippen molar-refractivity contribution < 1.29 is 37.5 Å². The summed E-state index contributed by atoms with van der Waals surface area (Å²) in [5.41, 5.74) is 7.97. The first-order chi connectivity index (χ1) is 18.3. The number of nitrogens with zero attached hydrogens (tertiary/aromatic N) is 3. The summed E-state index contributed by atoms with van der Waals surface area (Å²) in [7, 11) is 0. The predicted octanol–water partition coefficient (Wildman–Crippen LogP) is 2.44. The van der Waals surface area contributed by atoms with Gasteiger partial charge in [-0.05, 0) is 48.7 Å². The summed E-state index contributed by atoms with van der Waals surface area (Å²) in [4.78, 5) is 53.9. The minimum Gasteiger partial charge on any atom is -0.383 e. The van der Waals surface area contributed by atoms with Crippen molar-refractivity contribution in [3.8, 4) is 0 Å². The normalized spacial score (nSPS) is 16.3. The standard InChI is InChI=1S/C24H25N5O4.C2HF3O/c1-14-3-6-18(7-4-14)29-12-11-28(15(2)30)20(24(29)33)21(31)23(32)27-17-5-8-19-16(13-17)9-10-26-22(19)25;3-2(4,5)1-6/h3-10,13,20-21,31H,11-12H2,1-2H3,(H2,25,26)(H,27,32);1H. The summed E-state index contributed by atoms with van der Waals surface area (Å²) >= 11 is 0. The Hall–Kier alpha value is -4.52. The second-order valence-corrected chi connectivity index (χ2v) is 8.71. The first-order valence-corrected chi connectivity index (χ1v) is 11.6. The van der Waals surface area contributed by atoms with Gasteiger partial charge in [-0.1, -0.05) is 17.7 Å². The average Bonchev–Trinajstić information content (AvgIpc) is 2.88. The molecule has 1 saturated heterocycles. The summed E-state index contributed by atoms with van der Waals surface area (Å²) in [6, 6.07) is 12.8. The van der Waals surface area contributed by atoms with Crippen LogP contribution in [0.1, 0.15) is 12.5 Å². The van der Waals surface area contributed by atoms with E-state index in [2.05, 4.69) is 10.3 Å². The molecule has 4 rings (SSSR count). The Morgan fingerprint density at radius 1 is 1.15 bits per heavy atom. The van der Waals surface area contributed by atoms with Crippen LogP contribution < -0.4 is 16.0 Å². The lowest BCUT2D eigenvalue weighted by Gasteiger charge is -2.41. The number of nitrogen functional groups attached to an aromatic ring is 1. The van der Waals surface area contributed by atoms with Crippen molar-refractivity contribution in [3.05, 3.63) is 60.3 Å². The summed E-state index contributed by atoms with van der Waals surface area (Å²) in [5.74, 6) is -1.32. The van der Waals surface area contributed by atoms with Crippen molar-refractivity contribution in [2.24, 2.45) is 0 Å². The quantitative estimate of drug-likeness (QED) is 0.427.